The van der Waals surface area contributed by atoms with Crippen molar-refractivity contribution in [2.75, 3.05) is 26.3 Å². The third-order valence-electron chi connectivity index (χ3n) is 3.30. The Labute approximate surface area is 105 Å². The zero-order valence-electron chi connectivity index (χ0n) is 9.00. The number of hydrogen-bond donors (Lipinski definition) is 1. The molecule has 1 aliphatic carbocycles. The van der Waals surface area contributed by atoms with Crippen molar-refractivity contribution in [1.29, 1.82) is 0 Å². The molecule has 3 nitrogen and oxygen atoms in total. The average Bonchev–Trinajstić information content (AvgIpc) is 2.20. The van der Waals surface area contributed by atoms with Crippen LogP contribution in [0, 0.1) is 0 Å². The van der Waals surface area contributed by atoms with E-state index in [-0.39, 0.29) is 24.8 Å². The van der Waals surface area contributed by atoms with Crippen LogP contribution in [0.4, 0.5) is 0 Å². The van der Waals surface area contributed by atoms with Gasteiger partial charge in [0.05, 0.1) is 13.2 Å². The van der Waals surface area contributed by atoms with Crippen LogP contribution in [0.1, 0.15) is 25.7 Å². The van der Waals surface area contributed by atoms with Crippen molar-refractivity contribution in [1.82, 2.24) is 4.90 Å². The fourth-order valence-electron chi connectivity index (χ4n) is 2.41. The Morgan fingerprint density at radius 1 is 0.933 bits per heavy atom. The Hall–Kier alpha value is 0.460. The van der Waals surface area contributed by atoms with Gasteiger partial charge in [0.1, 0.15) is 0 Å². The maximum Gasteiger partial charge on any atom is 0.0594 e. The van der Waals surface area contributed by atoms with Crippen LogP contribution in [0.15, 0.2) is 0 Å². The molecule has 0 radical (unpaired) electrons. The van der Waals surface area contributed by atoms with Crippen molar-refractivity contribution >= 4 is 0 Å². The first-order chi connectivity index (χ1) is 6.36. The van der Waals surface area contributed by atoms with E-state index in [0.717, 1.165) is 32.3 Å². The summed E-state index contributed by atoms with van der Waals surface area (Å²) in [6.07, 6.45) is 5.01. The molecule has 1 saturated heterocycles. The first-order valence-corrected chi connectivity index (χ1v) is 5.43. The summed E-state index contributed by atoms with van der Waals surface area (Å²) in [5.74, 6) is 0. The van der Waals surface area contributed by atoms with Crippen molar-refractivity contribution in [3.05, 3.63) is 0 Å². The maximum absolute atomic E-state index is 5.88. The predicted octanol–water partition coefficient (Wildman–Crippen LogP) is -5.40. The second kappa shape index (κ2) is 7.69. The molecule has 2 aliphatic rings. The molecule has 0 amide bonds. The predicted molar refractivity (Wildman–Crippen MR) is 52.6 cm³/mol. The minimum absolute atomic E-state index is 0. The minimum atomic E-state index is 0. The lowest BCUT2D eigenvalue weighted by Gasteiger charge is -2.38. The Kier molecular flexibility index (Phi) is 7.92. The quantitative estimate of drug-likeness (QED) is 0.508. The molecule has 1 saturated carbocycles. The lowest BCUT2D eigenvalue weighted by Crippen LogP contribution is -3.00. The molecule has 0 bridgehead atoms. The molecule has 0 aromatic carbocycles. The van der Waals surface area contributed by atoms with Gasteiger partial charge in [0.25, 0.3) is 0 Å². The lowest BCUT2D eigenvalue weighted by molar-refractivity contribution is -0.00100. The largest absolute Gasteiger partial charge is 1.00 e. The van der Waals surface area contributed by atoms with Crippen LogP contribution in [0.25, 0.3) is 0 Å². The zero-order valence-corrected chi connectivity index (χ0v) is 10.5. The highest BCUT2D eigenvalue weighted by molar-refractivity contribution is 4.81. The van der Waals surface area contributed by atoms with Gasteiger partial charge in [-0.25, -0.2) is 0 Å². The first kappa shape index (κ1) is 15.5. The molecule has 92 valence electrons. The van der Waals surface area contributed by atoms with Crippen LogP contribution in [0.2, 0.25) is 0 Å². The molecule has 0 aromatic rings. The number of nitrogens with two attached hydrogens (primary N) is 1. The number of hydrogen-bond acceptors (Lipinski definition) is 3. The molecule has 2 rings (SSSR count). The van der Waals surface area contributed by atoms with Crippen LogP contribution in [-0.2, 0) is 4.74 Å². The van der Waals surface area contributed by atoms with E-state index in [9.17, 15) is 0 Å². The summed E-state index contributed by atoms with van der Waals surface area (Å²) in [6, 6.07) is 1.26. The van der Waals surface area contributed by atoms with Gasteiger partial charge in [-0.15, -0.1) is 0 Å². The molecule has 2 N–H and O–H groups in total. The summed E-state index contributed by atoms with van der Waals surface area (Å²) >= 11 is 0. The monoisotopic (exact) mass is 254 g/mol. The highest BCUT2D eigenvalue weighted by Crippen LogP contribution is 2.22. The van der Waals surface area contributed by atoms with Gasteiger partial charge in [-0.3, -0.25) is 4.90 Å². The topological polar surface area (TPSA) is 38.5 Å². The molecule has 0 spiro atoms. The highest BCUT2D eigenvalue weighted by Gasteiger charge is 2.25. The number of nitrogens with zero attached hydrogens (tertiary/aromatic N) is 1. The van der Waals surface area contributed by atoms with E-state index in [1.807, 2.05) is 0 Å². The molecule has 5 heteroatoms. The number of ether oxygens (including phenoxy) is 1. The normalized spacial score (nSPS) is 32.6. The SMILES string of the molecule is NC1CCC(N2CCOCC2)CC1.[Cl-].[Cl-]. The van der Waals surface area contributed by atoms with E-state index >= 15 is 0 Å². The van der Waals surface area contributed by atoms with Gasteiger partial charge in [-0.05, 0) is 25.7 Å². The number of morpholine rings is 1. The Bertz CT molecular complexity index is 158. The van der Waals surface area contributed by atoms with Crippen molar-refractivity contribution in [3.63, 3.8) is 0 Å². The third kappa shape index (κ3) is 4.45. The average molecular weight is 255 g/mol. The van der Waals surface area contributed by atoms with E-state index < -0.39 is 0 Å². The maximum atomic E-state index is 5.88. The van der Waals surface area contributed by atoms with Crippen molar-refractivity contribution < 1.29 is 29.6 Å². The van der Waals surface area contributed by atoms with Crippen molar-refractivity contribution in [2.45, 2.75) is 37.8 Å². The second-order valence-electron chi connectivity index (χ2n) is 4.22. The molecule has 1 aliphatic heterocycles. The van der Waals surface area contributed by atoms with Crippen LogP contribution in [0.5, 0.6) is 0 Å². The van der Waals surface area contributed by atoms with Gasteiger partial charge in [0, 0.05) is 25.2 Å². The van der Waals surface area contributed by atoms with Gasteiger partial charge in [0.2, 0.25) is 0 Å². The summed E-state index contributed by atoms with van der Waals surface area (Å²) in [6.45, 7) is 4.09. The van der Waals surface area contributed by atoms with Gasteiger partial charge < -0.3 is 35.3 Å². The Morgan fingerprint density at radius 2 is 1.47 bits per heavy atom. The summed E-state index contributed by atoms with van der Waals surface area (Å²) < 4.78 is 5.35. The summed E-state index contributed by atoms with van der Waals surface area (Å²) in [5, 5.41) is 0. The second-order valence-corrected chi connectivity index (χ2v) is 4.22. The standard InChI is InChI=1S/C10H20N2O.2ClH/c11-9-1-3-10(4-2-9)12-5-7-13-8-6-12;;/h9-10H,1-8,11H2;2*1H/p-2. The minimum Gasteiger partial charge on any atom is -1.00 e. The number of rotatable bonds is 1. The number of halogens is 2. The fraction of sp³-hybridized carbons (Fsp3) is 1.00. The smallest absolute Gasteiger partial charge is 0.0594 e. The van der Waals surface area contributed by atoms with Gasteiger partial charge in [-0.2, -0.15) is 0 Å². The van der Waals surface area contributed by atoms with E-state index in [4.69, 9.17) is 10.5 Å². The molecule has 1 heterocycles. The van der Waals surface area contributed by atoms with E-state index in [2.05, 4.69) is 4.90 Å². The molecule has 0 aromatic heterocycles. The molecular formula is C10H20Cl2N2O-2. The van der Waals surface area contributed by atoms with E-state index in [1.165, 1.54) is 25.7 Å². The Morgan fingerprint density at radius 3 is 2.00 bits per heavy atom. The van der Waals surface area contributed by atoms with Crippen LogP contribution in [-0.4, -0.2) is 43.3 Å². The third-order valence-corrected chi connectivity index (χ3v) is 3.30. The molecule has 0 unspecified atom stereocenters. The van der Waals surface area contributed by atoms with E-state index in [1.54, 1.807) is 0 Å². The summed E-state index contributed by atoms with van der Waals surface area (Å²) in [7, 11) is 0. The van der Waals surface area contributed by atoms with Crippen molar-refractivity contribution in [2.24, 2.45) is 5.73 Å². The highest BCUT2D eigenvalue weighted by atomic mass is 35.5. The summed E-state index contributed by atoms with van der Waals surface area (Å²) in [4.78, 5) is 2.58. The zero-order chi connectivity index (χ0) is 9.10. The fourth-order valence-corrected chi connectivity index (χ4v) is 2.41. The molecule has 0 atom stereocenters. The van der Waals surface area contributed by atoms with Gasteiger partial charge in [0.15, 0.2) is 0 Å². The van der Waals surface area contributed by atoms with Crippen LogP contribution < -0.4 is 30.5 Å². The Balaban J connectivity index is 0.000000980. The van der Waals surface area contributed by atoms with E-state index in [0.29, 0.717) is 6.04 Å². The van der Waals surface area contributed by atoms with Crippen molar-refractivity contribution in [3.8, 4) is 0 Å². The van der Waals surface area contributed by atoms with Gasteiger partial charge >= 0.3 is 0 Å². The molecular weight excluding hydrogens is 235 g/mol. The molecule has 15 heavy (non-hydrogen) atoms. The van der Waals surface area contributed by atoms with Gasteiger partial charge in [-0.1, -0.05) is 0 Å². The lowest BCUT2D eigenvalue weighted by atomic mass is 9.90. The summed E-state index contributed by atoms with van der Waals surface area (Å²) in [5.41, 5.74) is 5.88. The molecule has 2 fully saturated rings. The first-order valence-electron chi connectivity index (χ1n) is 5.43. The van der Waals surface area contributed by atoms with Crippen LogP contribution in [0.3, 0.4) is 0 Å². The van der Waals surface area contributed by atoms with Crippen LogP contribution >= 0.6 is 0 Å².